The number of aromatic nitrogens is 3. The molecule has 17 heavy (non-hydrogen) atoms. The summed E-state index contributed by atoms with van der Waals surface area (Å²) in [7, 11) is 8.19. The molecule has 4 nitrogen and oxygen atoms in total. The molecule has 1 N–H and O–H groups in total. The number of pyridine rings is 1. The van der Waals surface area contributed by atoms with E-state index in [4.69, 9.17) is 0 Å². The van der Waals surface area contributed by atoms with Crippen molar-refractivity contribution >= 4 is 56.5 Å². The molecule has 0 unspecified atom stereocenters. The molecule has 2 aromatic rings. The van der Waals surface area contributed by atoms with E-state index in [9.17, 15) is 0 Å². The van der Waals surface area contributed by atoms with E-state index in [0.29, 0.717) is 5.95 Å². The van der Waals surface area contributed by atoms with Crippen molar-refractivity contribution in [2.75, 3.05) is 12.4 Å². The molecule has 0 atom stereocenters. The highest BCUT2D eigenvalue weighted by atomic mass is 79.9. The summed E-state index contributed by atoms with van der Waals surface area (Å²) in [6, 6.07) is 2.02. The first-order valence-corrected chi connectivity index (χ1v) is 6.22. The van der Waals surface area contributed by atoms with Crippen LogP contribution in [0.2, 0.25) is 0 Å². The highest BCUT2D eigenvalue weighted by molar-refractivity contribution is 9.10. The fraction of sp³-hybridized carbons (Fsp3) is 0.222. The zero-order chi connectivity index (χ0) is 12.6. The second-order valence-corrected chi connectivity index (χ2v) is 5.78. The van der Waals surface area contributed by atoms with Gasteiger partial charge in [0, 0.05) is 28.8 Å². The van der Waals surface area contributed by atoms with Crippen molar-refractivity contribution in [3.8, 4) is 0 Å². The van der Waals surface area contributed by atoms with Gasteiger partial charge in [-0.15, -0.1) is 0 Å². The molecule has 0 aliphatic carbocycles. The van der Waals surface area contributed by atoms with Gasteiger partial charge in [0.05, 0.1) is 23.5 Å². The van der Waals surface area contributed by atoms with Crippen molar-refractivity contribution < 1.29 is 0 Å². The van der Waals surface area contributed by atoms with Gasteiger partial charge in [-0.3, -0.25) is 0 Å². The van der Waals surface area contributed by atoms with Crippen LogP contribution < -0.4 is 5.32 Å². The summed E-state index contributed by atoms with van der Waals surface area (Å²) in [5, 5.41) is 3.84. The minimum absolute atomic E-state index is 0.0161. The van der Waals surface area contributed by atoms with Crippen LogP contribution in [0.1, 0.15) is 5.69 Å². The largest absolute Gasteiger partial charge is 0.357 e. The molecule has 0 aliphatic heterocycles. The van der Waals surface area contributed by atoms with Gasteiger partial charge in [0.15, 0.2) is 5.65 Å². The highest BCUT2D eigenvalue weighted by Crippen LogP contribution is 2.25. The normalized spacial score (nSPS) is 11.6. The third kappa shape index (κ3) is 2.46. The van der Waals surface area contributed by atoms with Crippen LogP contribution in [0.3, 0.4) is 0 Å². The Morgan fingerprint density at radius 2 is 2.00 bits per heavy atom. The Kier molecular flexibility index (Phi) is 3.16. The number of halogens is 1. The predicted octanol–water partition coefficient (Wildman–Crippen LogP) is -1.16. The van der Waals surface area contributed by atoms with E-state index in [2.05, 4.69) is 59.7 Å². The standard InChI is InChI=1S/C9H12B3BrN4/c1-14-8-15-3-4-2-5(13)6(9(10,11)12)16-7(4)17-8/h2-3H,10-12H2,1H3,(H,14,15,16,17). The van der Waals surface area contributed by atoms with Gasteiger partial charge in [0.25, 0.3) is 0 Å². The molecule has 0 spiro atoms. The van der Waals surface area contributed by atoms with E-state index in [1.165, 1.54) is 0 Å². The number of rotatable bonds is 2. The van der Waals surface area contributed by atoms with E-state index >= 15 is 0 Å². The summed E-state index contributed by atoms with van der Waals surface area (Å²) < 4.78 is 0.998. The van der Waals surface area contributed by atoms with Crippen molar-refractivity contribution in [3.05, 3.63) is 22.4 Å². The number of nitrogens with one attached hydrogen (secondary N) is 1. The SMILES string of the molecule is BC(B)(B)c1nc2nc(NC)ncc2cc1Br. The Bertz CT molecular complexity index is 570. The molecule has 0 amide bonds. The summed E-state index contributed by atoms with van der Waals surface area (Å²) in [5.41, 5.74) is 1.73. The minimum atomic E-state index is -0.0161. The molecule has 0 aliphatic rings. The van der Waals surface area contributed by atoms with Crippen molar-refractivity contribution in [1.29, 1.82) is 0 Å². The maximum absolute atomic E-state index is 4.62. The van der Waals surface area contributed by atoms with Crippen LogP contribution in [-0.4, -0.2) is 45.5 Å². The van der Waals surface area contributed by atoms with Crippen molar-refractivity contribution in [2.24, 2.45) is 0 Å². The van der Waals surface area contributed by atoms with Gasteiger partial charge in [-0.2, -0.15) is 4.98 Å². The molecule has 84 valence electrons. The minimum Gasteiger partial charge on any atom is -0.357 e. The first kappa shape index (κ1) is 12.4. The Morgan fingerprint density at radius 3 is 2.59 bits per heavy atom. The van der Waals surface area contributed by atoms with Crippen LogP contribution >= 0.6 is 15.9 Å². The summed E-state index contributed by atoms with van der Waals surface area (Å²) >= 11 is 3.56. The van der Waals surface area contributed by atoms with E-state index < -0.39 is 0 Å². The molecular formula is C9H12B3BrN4. The van der Waals surface area contributed by atoms with Crippen LogP contribution in [0.5, 0.6) is 0 Å². The molecule has 0 fully saturated rings. The predicted molar refractivity (Wildman–Crippen MR) is 81.9 cm³/mol. The van der Waals surface area contributed by atoms with Gasteiger partial charge in [-0.25, -0.2) is 9.97 Å². The molecule has 0 saturated heterocycles. The van der Waals surface area contributed by atoms with Gasteiger partial charge in [-0.1, -0.05) is 5.11 Å². The molecular weight excluding hydrogens is 276 g/mol. The fourth-order valence-corrected chi connectivity index (χ4v) is 2.51. The second kappa shape index (κ2) is 4.33. The number of anilines is 1. The van der Waals surface area contributed by atoms with Gasteiger partial charge in [0.2, 0.25) is 5.95 Å². The topological polar surface area (TPSA) is 50.7 Å². The zero-order valence-corrected chi connectivity index (χ0v) is 12.0. The maximum Gasteiger partial charge on any atom is 0.224 e. The third-order valence-corrected chi connectivity index (χ3v) is 3.06. The van der Waals surface area contributed by atoms with Gasteiger partial charge < -0.3 is 5.32 Å². The van der Waals surface area contributed by atoms with Crippen molar-refractivity contribution in [3.63, 3.8) is 0 Å². The Hall–Kier alpha value is -1.04. The van der Waals surface area contributed by atoms with E-state index in [1.54, 1.807) is 13.2 Å². The van der Waals surface area contributed by atoms with E-state index in [-0.39, 0.29) is 5.11 Å². The molecule has 0 aromatic carbocycles. The zero-order valence-electron chi connectivity index (χ0n) is 10.4. The lowest BCUT2D eigenvalue weighted by atomic mass is 9.41. The first-order chi connectivity index (χ1) is 7.91. The van der Waals surface area contributed by atoms with E-state index in [1.807, 2.05) is 6.07 Å². The van der Waals surface area contributed by atoms with E-state index in [0.717, 1.165) is 21.2 Å². The van der Waals surface area contributed by atoms with Crippen LogP contribution in [0.15, 0.2) is 16.7 Å². The number of nitrogens with zero attached hydrogens (tertiary/aromatic N) is 3. The summed E-state index contributed by atoms with van der Waals surface area (Å²) in [4.78, 5) is 13.1. The number of fused-ring (bicyclic) bond motifs is 1. The molecule has 2 rings (SSSR count). The van der Waals surface area contributed by atoms with Gasteiger partial charge in [-0.05, 0) is 22.0 Å². The second-order valence-electron chi connectivity index (χ2n) is 4.93. The number of hydrogen-bond acceptors (Lipinski definition) is 4. The van der Waals surface area contributed by atoms with Crippen LogP contribution in [0.25, 0.3) is 11.0 Å². The van der Waals surface area contributed by atoms with Gasteiger partial charge in [0.1, 0.15) is 0 Å². The lowest BCUT2D eigenvalue weighted by molar-refractivity contribution is 1.06. The monoisotopic (exact) mass is 288 g/mol. The quantitative estimate of drug-likeness (QED) is 0.708. The smallest absolute Gasteiger partial charge is 0.224 e. The molecule has 0 bridgehead atoms. The first-order valence-electron chi connectivity index (χ1n) is 5.43. The summed E-state index contributed by atoms with van der Waals surface area (Å²) in [6.07, 6.45) is 1.78. The number of hydrogen-bond donors (Lipinski definition) is 1. The van der Waals surface area contributed by atoms with Crippen molar-refractivity contribution in [1.82, 2.24) is 15.0 Å². The van der Waals surface area contributed by atoms with Crippen LogP contribution in [-0.2, 0) is 5.11 Å². The molecule has 0 saturated carbocycles. The molecule has 8 heteroatoms. The average Bonchev–Trinajstić information content (AvgIpc) is 2.26. The molecule has 0 radical (unpaired) electrons. The average molecular weight is 289 g/mol. The lowest BCUT2D eigenvalue weighted by Crippen LogP contribution is -2.29. The highest BCUT2D eigenvalue weighted by Gasteiger charge is 2.20. The Morgan fingerprint density at radius 1 is 1.29 bits per heavy atom. The van der Waals surface area contributed by atoms with Crippen molar-refractivity contribution in [2.45, 2.75) is 5.11 Å². The Labute approximate surface area is 111 Å². The van der Waals surface area contributed by atoms with Crippen LogP contribution in [0.4, 0.5) is 5.95 Å². The van der Waals surface area contributed by atoms with Crippen LogP contribution in [0, 0.1) is 0 Å². The Balaban J connectivity index is 2.69. The fourth-order valence-electron chi connectivity index (χ4n) is 1.58. The maximum atomic E-state index is 4.62. The summed E-state index contributed by atoms with van der Waals surface area (Å²) in [5.74, 6) is 0.590. The molecule has 2 heterocycles. The molecule has 2 aromatic heterocycles. The summed E-state index contributed by atoms with van der Waals surface area (Å²) in [6.45, 7) is 0. The van der Waals surface area contributed by atoms with Gasteiger partial charge >= 0.3 is 0 Å². The third-order valence-electron chi connectivity index (χ3n) is 2.46. The lowest BCUT2D eigenvalue weighted by Gasteiger charge is -2.19.